The van der Waals surface area contributed by atoms with Crippen LogP contribution in [0.15, 0.2) is 72.8 Å². The second-order valence-corrected chi connectivity index (χ2v) is 7.18. The zero-order valence-corrected chi connectivity index (χ0v) is 17.4. The molecule has 0 radical (unpaired) electrons. The Balaban J connectivity index is 1.55. The molecule has 3 rings (SSSR count). The Morgan fingerprint density at radius 2 is 1.58 bits per heavy atom. The van der Waals surface area contributed by atoms with Crippen molar-refractivity contribution in [3.8, 4) is 5.75 Å². The summed E-state index contributed by atoms with van der Waals surface area (Å²) in [5.74, 6) is -0.713. The third kappa shape index (κ3) is 6.05. The average molecular weight is 458 g/mol. The average Bonchev–Trinajstić information content (AvgIpc) is 2.75. The molecule has 1 atom stereocenters. The van der Waals surface area contributed by atoms with Gasteiger partial charge in [0, 0.05) is 10.7 Å². The minimum Gasteiger partial charge on any atom is -0.440 e. The highest BCUT2D eigenvalue weighted by Crippen LogP contribution is 2.21. The summed E-state index contributed by atoms with van der Waals surface area (Å²) in [6, 6.07) is 18.1. The molecule has 158 valence electrons. The van der Waals surface area contributed by atoms with Crippen LogP contribution in [0.2, 0.25) is 10.0 Å². The standard InChI is InChI=1S/C22H17Cl2N3O4/c23-14-7-5-13(6-8-14)19(28)20(25)31-16-11-9-15(10-12-16)26-22(30)27-21(29)17-3-1-2-4-18(17)24/h1-12,19,25,28H,(H2,26,27,29,30). The molecular weight excluding hydrogens is 441 g/mol. The van der Waals surface area contributed by atoms with Gasteiger partial charge in [-0.05, 0) is 54.1 Å². The van der Waals surface area contributed by atoms with Gasteiger partial charge in [-0.2, -0.15) is 0 Å². The van der Waals surface area contributed by atoms with E-state index in [-0.39, 0.29) is 22.2 Å². The number of nitrogens with one attached hydrogen (secondary N) is 3. The summed E-state index contributed by atoms with van der Waals surface area (Å²) in [6.45, 7) is 0. The van der Waals surface area contributed by atoms with E-state index in [1.807, 2.05) is 0 Å². The number of ether oxygens (including phenoxy) is 1. The van der Waals surface area contributed by atoms with Crippen LogP contribution in [-0.4, -0.2) is 22.9 Å². The van der Waals surface area contributed by atoms with Gasteiger partial charge in [0.15, 0.2) is 6.10 Å². The van der Waals surface area contributed by atoms with Crippen LogP contribution in [0.4, 0.5) is 10.5 Å². The molecule has 0 aliphatic heterocycles. The molecule has 0 aromatic heterocycles. The van der Waals surface area contributed by atoms with Crippen LogP contribution in [0.3, 0.4) is 0 Å². The van der Waals surface area contributed by atoms with Gasteiger partial charge < -0.3 is 15.2 Å². The van der Waals surface area contributed by atoms with E-state index in [1.54, 1.807) is 42.5 Å². The number of anilines is 1. The lowest BCUT2D eigenvalue weighted by molar-refractivity contribution is 0.0967. The van der Waals surface area contributed by atoms with Gasteiger partial charge >= 0.3 is 6.03 Å². The summed E-state index contributed by atoms with van der Waals surface area (Å²) in [6.07, 6.45) is -1.25. The molecule has 0 spiro atoms. The summed E-state index contributed by atoms with van der Waals surface area (Å²) in [4.78, 5) is 24.2. The molecule has 3 aromatic rings. The Morgan fingerprint density at radius 3 is 2.23 bits per heavy atom. The Hall–Kier alpha value is -3.39. The van der Waals surface area contributed by atoms with Crippen molar-refractivity contribution in [2.75, 3.05) is 5.32 Å². The maximum Gasteiger partial charge on any atom is 0.326 e. The first-order chi connectivity index (χ1) is 14.8. The van der Waals surface area contributed by atoms with E-state index < -0.39 is 18.0 Å². The van der Waals surface area contributed by atoms with Gasteiger partial charge in [0.25, 0.3) is 5.91 Å². The van der Waals surface area contributed by atoms with Crippen molar-refractivity contribution in [1.82, 2.24) is 5.32 Å². The third-order valence-corrected chi connectivity index (χ3v) is 4.70. The molecular formula is C22H17Cl2N3O4. The van der Waals surface area contributed by atoms with Crippen LogP contribution in [0.5, 0.6) is 5.75 Å². The van der Waals surface area contributed by atoms with Gasteiger partial charge in [0.2, 0.25) is 5.90 Å². The van der Waals surface area contributed by atoms with Crippen molar-refractivity contribution < 1.29 is 19.4 Å². The van der Waals surface area contributed by atoms with Crippen molar-refractivity contribution in [1.29, 1.82) is 5.41 Å². The van der Waals surface area contributed by atoms with Crippen molar-refractivity contribution in [3.05, 3.63) is 94.0 Å². The van der Waals surface area contributed by atoms with Gasteiger partial charge in [0.05, 0.1) is 10.6 Å². The number of hydrogen-bond donors (Lipinski definition) is 4. The number of imide groups is 1. The first kappa shape index (κ1) is 22.3. The number of halogens is 2. The Labute approximate surface area is 188 Å². The molecule has 0 aliphatic carbocycles. The van der Waals surface area contributed by atoms with Crippen molar-refractivity contribution in [3.63, 3.8) is 0 Å². The fourth-order valence-electron chi connectivity index (χ4n) is 2.56. The van der Waals surface area contributed by atoms with E-state index >= 15 is 0 Å². The quantitative estimate of drug-likeness (QED) is 0.317. The Morgan fingerprint density at radius 1 is 0.935 bits per heavy atom. The monoisotopic (exact) mass is 457 g/mol. The number of urea groups is 1. The first-order valence-corrected chi connectivity index (χ1v) is 9.76. The van der Waals surface area contributed by atoms with Crippen LogP contribution < -0.4 is 15.4 Å². The molecule has 0 heterocycles. The fraction of sp³-hybridized carbons (Fsp3) is 0.0455. The number of aliphatic hydroxyl groups is 1. The predicted molar refractivity (Wildman–Crippen MR) is 119 cm³/mol. The lowest BCUT2D eigenvalue weighted by Crippen LogP contribution is -2.34. The molecule has 1 unspecified atom stereocenters. The van der Waals surface area contributed by atoms with E-state index in [9.17, 15) is 14.7 Å². The number of aliphatic hydroxyl groups excluding tert-OH is 1. The molecule has 0 saturated carbocycles. The summed E-state index contributed by atoms with van der Waals surface area (Å²) in [5.41, 5.74) is 1.04. The molecule has 9 heteroatoms. The van der Waals surface area contributed by atoms with Crippen LogP contribution in [0, 0.1) is 5.41 Å². The summed E-state index contributed by atoms with van der Waals surface area (Å²) in [7, 11) is 0. The minimum absolute atomic E-state index is 0.181. The summed E-state index contributed by atoms with van der Waals surface area (Å²) < 4.78 is 5.36. The van der Waals surface area contributed by atoms with E-state index in [2.05, 4.69) is 10.6 Å². The maximum absolute atomic E-state index is 12.1. The van der Waals surface area contributed by atoms with Gasteiger partial charge in [-0.1, -0.05) is 47.5 Å². The van der Waals surface area contributed by atoms with Crippen LogP contribution in [-0.2, 0) is 0 Å². The van der Waals surface area contributed by atoms with Gasteiger partial charge in [-0.15, -0.1) is 0 Å². The second kappa shape index (κ2) is 10.1. The number of carbonyl (C=O) groups excluding carboxylic acids is 2. The maximum atomic E-state index is 12.1. The first-order valence-electron chi connectivity index (χ1n) is 9.00. The van der Waals surface area contributed by atoms with E-state index in [0.29, 0.717) is 16.3 Å². The second-order valence-electron chi connectivity index (χ2n) is 6.33. The van der Waals surface area contributed by atoms with Crippen molar-refractivity contribution in [2.24, 2.45) is 0 Å². The molecule has 0 aliphatic rings. The summed E-state index contributed by atoms with van der Waals surface area (Å²) >= 11 is 11.8. The normalized spacial score (nSPS) is 11.3. The minimum atomic E-state index is -1.25. The van der Waals surface area contributed by atoms with Crippen LogP contribution in [0.25, 0.3) is 0 Å². The number of hydrogen-bond acceptors (Lipinski definition) is 5. The predicted octanol–water partition coefficient (Wildman–Crippen LogP) is 5.04. The van der Waals surface area contributed by atoms with Crippen molar-refractivity contribution in [2.45, 2.75) is 6.10 Å². The van der Waals surface area contributed by atoms with Gasteiger partial charge in [-0.3, -0.25) is 15.5 Å². The smallest absolute Gasteiger partial charge is 0.326 e. The molecule has 31 heavy (non-hydrogen) atoms. The molecule has 3 aromatic carbocycles. The van der Waals surface area contributed by atoms with Crippen LogP contribution >= 0.6 is 23.2 Å². The lowest BCUT2D eigenvalue weighted by atomic mass is 10.1. The zero-order chi connectivity index (χ0) is 22.4. The molecule has 0 saturated heterocycles. The molecule has 3 amide bonds. The largest absolute Gasteiger partial charge is 0.440 e. The zero-order valence-electron chi connectivity index (χ0n) is 15.9. The topological polar surface area (TPSA) is 112 Å². The molecule has 0 fully saturated rings. The number of carbonyl (C=O) groups is 2. The third-order valence-electron chi connectivity index (χ3n) is 4.12. The molecule has 7 nitrogen and oxygen atoms in total. The van der Waals surface area contributed by atoms with Gasteiger partial charge in [0.1, 0.15) is 5.75 Å². The Bertz CT molecular complexity index is 1100. The number of rotatable bonds is 5. The van der Waals surface area contributed by atoms with E-state index in [0.717, 1.165) is 0 Å². The SMILES string of the molecule is N=C(Oc1ccc(NC(=O)NC(=O)c2ccccc2Cl)cc1)C(O)c1ccc(Cl)cc1. The van der Waals surface area contributed by atoms with E-state index in [4.69, 9.17) is 33.3 Å². The number of benzene rings is 3. The molecule has 4 N–H and O–H groups in total. The van der Waals surface area contributed by atoms with E-state index in [1.165, 1.54) is 30.3 Å². The van der Waals surface area contributed by atoms with Gasteiger partial charge in [-0.25, -0.2) is 4.79 Å². The highest BCUT2D eigenvalue weighted by Gasteiger charge is 2.16. The van der Waals surface area contributed by atoms with Crippen molar-refractivity contribution >= 4 is 46.7 Å². The van der Waals surface area contributed by atoms with Crippen LogP contribution in [0.1, 0.15) is 22.0 Å². The number of amides is 3. The fourth-order valence-corrected chi connectivity index (χ4v) is 2.91. The Kier molecular flexibility index (Phi) is 7.25. The lowest BCUT2D eigenvalue weighted by Gasteiger charge is -2.14. The molecule has 0 bridgehead atoms. The highest BCUT2D eigenvalue weighted by atomic mass is 35.5. The summed E-state index contributed by atoms with van der Waals surface area (Å²) in [5, 5.41) is 23.6. The highest BCUT2D eigenvalue weighted by molar-refractivity contribution is 6.34.